The first-order valence-corrected chi connectivity index (χ1v) is 17.3. The van der Waals surface area contributed by atoms with Gasteiger partial charge >= 0.3 is 0 Å². The molecular weight excluding hydrogens is 618 g/mol. The second-order valence-electron chi connectivity index (χ2n) is 11.7. The van der Waals surface area contributed by atoms with E-state index in [2.05, 4.69) is 5.32 Å². The molecule has 0 heterocycles. The molecule has 1 N–H and O–H groups in total. The first-order valence-electron chi connectivity index (χ1n) is 15.4. The monoisotopic (exact) mass is 659 g/mol. The average Bonchev–Trinajstić information content (AvgIpc) is 3.04. The zero-order valence-electron chi connectivity index (χ0n) is 27.0. The molecule has 46 heavy (non-hydrogen) atoms. The second kappa shape index (κ2) is 15.4. The molecule has 0 spiro atoms. The van der Waals surface area contributed by atoms with Crippen molar-refractivity contribution in [1.82, 2.24) is 10.2 Å². The highest BCUT2D eigenvalue weighted by atomic mass is 35.5. The summed E-state index contributed by atoms with van der Waals surface area (Å²) in [6, 6.07) is 27.5. The lowest BCUT2D eigenvalue weighted by molar-refractivity contribution is -0.140. The Morgan fingerprint density at radius 2 is 1.50 bits per heavy atom. The molecule has 0 aliphatic carbocycles. The Kier molecular flexibility index (Phi) is 11.7. The first-order chi connectivity index (χ1) is 21.9. The number of carbonyl (C=O) groups is 2. The van der Waals surface area contributed by atoms with Crippen LogP contribution in [0.4, 0.5) is 5.69 Å². The quantitative estimate of drug-likeness (QED) is 0.167. The summed E-state index contributed by atoms with van der Waals surface area (Å²) in [4.78, 5) is 30.2. The highest BCUT2D eigenvalue weighted by Gasteiger charge is 2.35. The molecule has 2 atom stereocenters. The molecule has 0 bridgehead atoms. The summed E-state index contributed by atoms with van der Waals surface area (Å²) in [5, 5.41) is 3.50. The van der Waals surface area contributed by atoms with Gasteiger partial charge in [-0.25, -0.2) is 8.42 Å². The predicted molar refractivity (Wildman–Crippen MR) is 185 cm³/mol. The van der Waals surface area contributed by atoms with Crippen molar-refractivity contribution in [3.63, 3.8) is 0 Å². The number of amides is 2. The van der Waals surface area contributed by atoms with Crippen LogP contribution in [0.1, 0.15) is 48.1 Å². The van der Waals surface area contributed by atoms with E-state index < -0.39 is 28.5 Å². The Morgan fingerprint density at radius 3 is 2.15 bits per heavy atom. The molecule has 7 nitrogen and oxygen atoms in total. The zero-order chi connectivity index (χ0) is 33.4. The van der Waals surface area contributed by atoms with E-state index in [0.717, 1.165) is 26.6 Å². The Morgan fingerprint density at radius 1 is 0.848 bits per heavy atom. The molecule has 0 saturated carbocycles. The largest absolute Gasteiger partial charge is 0.352 e. The summed E-state index contributed by atoms with van der Waals surface area (Å²) in [7, 11) is -4.19. The third kappa shape index (κ3) is 8.36. The van der Waals surface area contributed by atoms with Crippen molar-refractivity contribution in [3.8, 4) is 0 Å². The number of nitrogens with one attached hydrogen (secondary N) is 1. The topological polar surface area (TPSA) is 86.8 Å². The van der Waals surface area contributed by atoms with Gasteiger partial charge in [0, 0.05) is 24.0 Å². The van der Waals surface area contributed by atoms with Gasteiger partial charge < -0.3 is 10.2 Å². The average molecular weight is 660 g/mol. The van der Waals surface area contributed by atoms with Crippen molar-refractivity contribution in [2.24, 2.45) is 0 Å². The normalized spacial score (nSPS) is 12.7. The fraction of sp³-hybridized carbons (Fsp3) is 0.297. The van der Waals surface area contributed by atoms with Crippen LogP contribution in [-0.4, -0.2) is 43.8 Å². The van der Waals surface area contributed by atoms with Gasteiger partial charge in [-0.05, 0) is 80.6 Å². The molecule has 4 aromatic carbocycles. The number of anilines is 1. The molecule has 0 fully saturated rings. The van der Waals surface area contributed by atoms with Gasteiger partial charge in [0.25, 0.3) is 10.0 Å². The van der Waals surface area contributed by atoms with Crippen LogP contribution < -0.4 is 9.62 Å². The van der Waals surface area contributed by atoms with Crippen LogP contribution in [0.25, 0.3) is 0 Å². The number of sulfonamides is 1. The van der Waals surface area contributed by atoms with Crippen LogP contribution in [-0.2, 0) is 32.6 Å². The minimum absolute atomic E-state index is 0.00908. The van der Waals surface area contributed by atoms with Gasteiger partial charge in [0.15, 0.2) is 0 Å². The van der Waals surface area contributed by atoms with Crippen LogP contribution >= 0.6 is 11.6 Å². The van der Waals surface area contributed by atoms with Crippen LogP contribution in [0.15, 0.2) is 102 Å². The third-order valence-corrected chi connectivity index (χ3v) is 10.4. The predicted octanol–water partition coefficient (Wildman–Crippen LogP) is 7.02. The highest BCUT2D eigenvalue weighted by molar-refractivity contribution is 7.92. The van der Waals surface area contributed by atoms with Crippen LogP contribution in [0.2, 0.25) is 5.02 Å². The maximum atomic E-state index is 14.7. The summed E-state index contributed by atoms with van der Waals surface area (Å²) < 4.78 is 29.8. The Balaban J connectivity index is 1.85. The van der Waals surface area contributed by atoms with Gasteiger partial charge in [-0.2, -0.15) is 0 Å². The number of hydrogen-bond donors (Lipinski definition) is 1. The summed E-state index contributed by atoms with van der Waals surface area (Å²) >= 11 is 6.58. The molecule has 2 unspecified atom stereocenters. The highest BCUT2D eigenvalue weighted by Crippen LogP contribution is 2.30. The van der Waals surface area contributed by atoms with E-state index in [0.29, 0.717) is 22.7 Å². The second-order valence-corrected chi connectivity index (χ2v) is 13.9. The van der Waals surface area contributed by atoms with Crippen molar-refractivity contribution in [1.29, 1.82) is 0 Å². The number of halogens is 1. The van der Waals surface area contributed by atoms with Crippen molar-refractivity contribution >= 4 is 39.1 Å². The van der Waals surface area contributed by atoms with E-state index in [4.69, 9.17) is 11.6 Å². The number of rotatable bonds is 13. The molecular formula is C37H42ClN3O4S. The van der Waals surface area contributed by atoms with Crippen molar-refractivity contribution < 1.29 is 18.0 Å². The summed E-state index contributed by atoms with van der Waals surface area (Å²) in [6.45, 7) is 8.99. The lowest BCUT2D eigenvalue weighted by Gasteiger charge is -2.35. The Bertz CT molecular complexity index is 1760. The molecule has 242 valence electrons. The third-order valence-electron chi connectivity index (χ3n) is 8.30. The van der Waals surface area contributed by atoms with E-state index in [1.54, 1.807) is 54.6 Å². The van der Waals surface area contributed by atoms with Crippen LogP contribution in [0.5, 0.6) is 0 Å². The molecule has 0 aliphatic heterocycles. The van der Waals surface area contributed by atoms with E-state index in [1.165, 1.54) is 4.90 Å². The maximum absolute atomic E-state index is 14.7. The van der Waals surface area contributed by atoms with Crippen LogP contribution in [0, 0.1) is 20.8 Å². The van der Waals surface area contributed by atoms with E-state index in [1.807, 2.05) is 77.1 Å². The standard InChI is InChI=1S/C37H42ClN3O4S/c1-6-28(4)39-37(43)35(23-30-14-8-7-9-15-30)40(24-31-16-10-11-17-33(31)38)36(42)25-41(34-18-12-13-27(3)29(34)5)46(44,45)32-21-19-26(2)20-22-32/h7-22,28,35H,6,23-25H2,1-5H3,(H,39,43). The van der Waals surface area contributed by atoms with Crippen molar-refractivity contribution in [2.45, 2.75) is 71.0 Å². The van der Waals surface area contributed by atoms with Crippen molar-refractivity contribution in [3.05, 3.63) is 130 Å². The molecule has 4 rings (SSSR count). The molecule has 9 heteroatoms. The lowest BCUT2D eigenvalue weighted by atomic mass is 10.0. The summed E-state index contributed by atoms with van der Waals surface area (Å²) in [5.41, 5.74) is 4.44. The van der Waals surface area contributed by atoms with Gasteiger partial charge in [0.05, 0.1) is 10.6 Å². The Labute approximate surface area is 278 Å². The van der Waals surface area contributed by atoms with Crippen LogP contribution in [0.3, 0.4) is 0 Å². The smallest absolute Gasteiger partial charge is 0.264 e. The first kappa shape index (κ1) is 34.7. The number of aryl methyl sites for hydroxylation is 2. The number of nitrogens with zero attached hydrogens (tertiary/aromatic N) is 2. The summed E-state index contributed by atoms with van der Waals surface area (Å²) in [5.74, 6) is -0.852. The fourth-order valence-electron chi connectivity index (χ4n) is 5.16. The van der Waals surface area contributed by atoms with E-state index >= 15 is 0 Å². The van der Waals surface area contributed by atoms with E-state index in [-0.39, 0.29) is 29.8 Å². The molecule has 0 aromatic heterocycles. The number of carbonyl (C=O) groups excluding carboxylic acids is 2. The number of benzene rings is 4. The molecule has 0 saturated heterocycles. The minimum Gasteiger partial charge on any atom is -0.352 e. The zero-order valence-corrected chi connectivity index (χ0v) is 28.6. The summed E-state index contributed by atoms with van der Waals surface area (Å²) in [6.07, 6.45) is 0.935. The molecule has 2 amide bonds. The SMILES string of the molecule is CCC(C)NC(=O)C(Cc1ccccc1)N(Cc1ccccc1Cl)C(=O)CN(c1cccc(C)c1C)S(=O)(=O)c1ccc(C)cc1. The van der Waals surface area contributed by atoms with Crippen molar-refractivity contribution in [2.75, 3.05) is 10.8 Å². The van der Waals surface area contributed by atoms with Gasteiger partial charge in [-0.3, -0.25) is 13.9 Å². The molecule has 0 radical (unpaired) electrons. The van der Waals surface area contributed by atoms with Gasteiger partial charge in [0.1, 0.15) is 12.6 Å². The van der Waals surface area contributed by atoms with Gasteiger partial charge in [-0.1, -0.05) is 96.9 Å². The van der Waals surface area contributed by atoms with Gasteiger partial charge in [0.2, 0.25) is 11.8 Å². The minimum atomic E-state index is -4.19. The fourth-order valence-corrected chi connectivity index (χ4v) is 6.83. The molecule has 0 aliphatic rings. The lowest BCUT2D eigenvalue weighted by Crippen LogP contribution is -2.54. The van der Waals surface area contributed by atoms with Gasteiger partial charge in [-0.15, -0.1) is 0 Å². The molecule has 4 aromatic rings. The van der Waals surface area contributed by atoms with E-state index in [9.17, 15) is 18.0 Å². The number of hydrogen-bond acceptors (Lipinski definition) is 4. The Hall–Kier alpha value is -4.14. The maximum Gasteiger partial charge on any atom is 0.264 e.